The Morgan fingerprint density at radius 1 is 1.40 bits per heavy atom. The maximum absolute atomic E-state index is 12.6. The molecule has 3 rings (SSSR count). The maximum Gasteiger partial charge on any atom is 0.356 e. The number of oxime groups is 1. The molecule has 0 fully saturated rings. The van der Waals surface area contributed by atoms with Gasteiger partial charge in [-0.05, 0) is 11.6 Å². The molecule has 0 spiro atoms. The second-order valence-electron chi connectivity index (χ2n) is 5.76. The normalized spacial score (nSPS) is 23.1. The number of nitrogens with zero attached hydrogens (tertiary/aromatic N) is 2. The van der Waals surface area contributed by atoms with E-state index in [2.05, 4.69) is 5.16 Å². The van der Waals surface area contributed by atoms with Crippen LogP contribution in [-0.4, -0.2) is 35.2 Å². The van der Waals surface area contributed by atoms with Crippen LogP contribution in [0.15, 0.2) is 58.0 Å². The Balaban J connectivity index is 1.75. The van der Waals surface area contributed by atoms with E-state index < -0.39 is 5.97 Å². The van der Waals surface area contributed by atoms with Crippen molar-refractivity contribution in [3.63, 3.8) is 0 Å². The summed E-state index contributed by atoms with van der Waals surface area (Å²) in [7, 11) is 1.73. The van der Waals surface area contributed by atoms with Gasteiger partial charge in [0, 0.05) is 13.5 Å². The van der Waals surface area contributed by atoms with Crippen molar-refractivity contribution in [2.24, 2.45) is 10.9 Å². The first-order valence-corrected chi connectivity index (χ1v) is 8.42. The van der Waals surface area contributed by atoms with Gasteiger partial charge in [0.05, 0.1) is 16.8 Å². The number of carbonyl (C=O) groups is 1. The average Bonchev–Trinajstić information content (AvgIpc) is 3.03. The number of allylic oxidation sites excluding steroid dienone is 1. The van der Waals surface area contributed by atoms with Crippen LogP contribution in [0, 0.1) is 0 Å². The van der Waals surface area contributed by atoms with Crippen molar-refractivity contribution in [3.8, 4) is 0 Å². The first kappa shape index (κ1) is 17.6. The summed E-state index contributed by atoms with van der Waals surface area (Å²) < 4.78 is 5.39. The predicted molar refractivity (Wildman–Crippen MR) is 95.7 cm³/mol. The van der Waals surface area contributed by atoms with Gasteiger partial charge < -0.3 is 20.2 Å². The van der Waals surface area contributed by atoms with E-state index in [9.17, 15) is 4.79 Å². The molecule has 0 aromatic heterocycles. The van der Waals surface area contributed by atoms with E-state index >= 15 is 0 Å². The lowest BCUT2D eigenvalue weighted by Crippen LogP contribution is -2.44. The predicted octanol–water partition coefficient (Wildman–Crippen LogP) is 2.68. The zero-order valence-corrected chi connectivity index (χ0v) is 15.0. The number of halogens is 2. The van der Waals surface area contributed by atoms with Crippen molar-refractivity contribution < 1.29 is 14.4 Å². The average molecular weight is 382 g/mol. The smallest absolute Gasteiger partial charge is 0.356 e. The van der Waals surface area contributed by atoms with Gasteiger partial charge in [0.1, 0.15) is 17.5 Å². The molecule has 1 aromatic carbocycles. The molecular weight excluding hydrogens is 365 g/mol. The largest absolute Gasteiger partial charge is 0.456 e. The molecule has 2 aliphatic rings. The second-order valence-corrected chi connectivity index (χ2v) is 6.58. The van der Waals surface area contributed by atoms with Gasteiger partial charge in [-0.1, -0.05) is 58.7 Å². The topological polar surface area (TPSA) is 77.2 Å². The molecule has 0 bridgehead atoms. The first-order chi connectivity index (χ1) is 12.0. The van der Waals surface area contributed by atoms with Gasteiger partial charge in [0.2, 0.25) is 0 Å². The number of hydrogen-bond acceptors (Lipinski definition) is 6. The zero-order valence-electron chi connectivity index (χ0n) is 13.5. The molecule has 1 aromatic rings. The van der Waals surface area contributed by atoms with Crippen molar-refractivity contribution in [2.45, 2.75) is 25.2 Å². The Morgan fingerprint density at radius 2 is 2.12 bits per heavy atom. The standard InChI is InChI=1S/C17H17Cl2N3O3/c1-22-12(13-8-14(18)21-25-13)7-11(20)15(19)16(22)17(23)24-9-10-5-3-2-4-6-10/h2-7,12-13H,8-9,20H2,1H3. The van der Waals surface area contributed by atoms with Gasteiger partial charge in [-0.25, -0.2) is 4.79 Å². The molecule has 6 nitrogen and oxygen atoms in total. The molecule has 2 heterocycles. The Kier molecular flexibility index (Phi) is 5.20. The summed E-state index contributed by atoms with van der Waals surface area (Å²) in [5, 5.41) is 4.27. The lowest BCUT2D eigenvalue weighted by atomic mass is 10.0. The summed E-state index contributed by atoms with van der Waals surface area (Å²) in [6.45, 7) is 0.143. The summed E-state index contributed by atoms with van der Waals surface area (Å²) in [5.74, 6) is -0.553. The van der Waals surface area contributed by atoms with Gasteiger partial charge in [-0.2, -0.15) is 0 Å². The lowest BCUT2D eigenvalue weighted by Gasteiger charge is -2.35. The number of esters is 1. The molecule has 8 heteroatoms. The third kappa shape index (κ3) is 3.75. The van der Waals surface area contributed by atoms with Crippen molar-refractivity contribution in [1.29, 1.82) is 0 Å². The molecule has 0 saturated heterocycles. The monoisotopic (exact) mass is 381 g/mol. The minimum Gasteiger partial charge on any atom is -0.456 e. The van der Waals surface area contributed by atoms with E-state index in [-0.39, 0.29) is 29.5 Å². The van der Waals surface area contributed by atoms with Gasteiger partial charge in [0.25, 0.3) is 0 Å². The number of carbonyl (C=O) groups excluding carboxylic acids is 1. The highest BCUT2D eigenvalue weighted by Crippen LogP contribution is 2.32. The second kappa shape index (κ2) is 7.37. The van der Waals surface area contributed by atoms with E-state index in [1.807, 2.05) is 30.3 Å². The Bertz CT molecular complexity index is 762. The van der Waals surface area contributed by atoms with Gasteiger partial charge in [0.15, 0.2) is 6.10 Å². The van der Waals surface area contributed by atoms with Crippen LogP contribution in [0.3, 0.4) is 0 Å². The number of rotatable bonds is 4. The van der Waals surface area contributed by atoms with Crippen molar-refractivity contribution in [3.05, 3.63) is 58.4 Å². The number of benzene rings is 1. The molecule has 2 unspecified atom stereocenters. The molecular formula is C17H17Cl2N3O3. The summed E-state index contributed by atoms with van der Waals surface area (Å²) in [6, 6.07) is 9.06. The molecule has 2 N–H and O–H groups in total. The van der Waals surface area contributed by atoms with Crippen molar-refractivity contribution >= 4 is 34.3 Å². The van der Waals surface area contributed by atoms with E-state index in [1.54, 1.807) is 18.0 Å². The quantitative estimate of drug-likeness (QED) is 0.811. The first-order valence-electron chi connectivity index (χ1n) is 7.67. The van der Waals surface area contributed by atoms with Crippen molar-refractivity contribution in [2.75, 3.05) is 7.05 Å². The van der Waals surface area contributed by atoms with Crippen LogP contribution in [0.2, 0.25) is 0 Å². The number of ether oxygens (including phenoxy) is 1. The van der Waals surface area contributed by atoms with Crippen molar-refractivity contribution in [1.82, 2.24) is 4.90 Å². The van der Waals surface area contributed by atoms with Crippen LogP contribution < -0.4 is 5.73 Å². The Hall–Kier alpha value is -2.18. The van der Waals surface area contributed by atoms with E-state index in [4.69, 9.17) is 38.5 Å². The summed E-state index contributed by atoms with van der Waals surface area (Å²) in [5.41, 5.74) is 7.34. The van der Waals surface area contributed by atoms with Crippen LogP contribution in [0.4, 0.5) is 0 Å². The lowest BCUT2D eigenvalue weighted by molar-refractivity contribution is -0.142. The van der Waals surface area contributed by atoms with Crippen LogP contribution >= 0.6 is 23.2 Å². The Labute approximate surface area is 155 Å². The SMILES string of the molecule is CN1C(C(=O)OCc2ccccc2)=C(Cl)C(N)=CC1C1CC(Cl)=NO1. The van der Waals surface area contributed by atoms with E-state index in [0.29, 0.717) is 17.3 Å². The number of likely N-dealkylation sites (N-methyl/N-ethyl adjacent to an activating group) is 1. The minimum atomic E-state index is -0.553. The third-order valence-electron chi connectivity index (χ3n) is 4.06. The fraction of sp³-hybridized carbons (Fsp3) is 0.294. The molecule has 132 valence electrons. The highest BCUT2D eigenvalue weighted by Gasteiger charge is 2.38. The van der Waals surface area contributed by atoms with E-state index in [1.165, 1.54) is 0 Å². The molecule has 25 heavy (non-hydrogen) atoms. The number of nitrogens with two attached hydrogens (primary N) is 1. The molecule has 2 aliphatic heterocycles. The molecule has 0 amide bonds. The molecule has 0 saturated carbocycles. The summed E-state index contributed by atoms with van der Waals surface area (Å²) >= 11 is 12.1. The van der Waals surface area contributed by atoms with E-state index in [0.717, 1.165) is 5.56 Å². The maximum atomic E-state index is 12.6. The third-order valence-corrected chi connectivity index (χ3v) is 4.68. The fourth-order valence-electron chi connectivity index (χ4n) is 2.74. The van der Waals surface area contributed by atoms with Crippen LogP contribution in [-0.2, 0) is 21.0 Å². The highest BCUT2D eigenvalue weighted by atomic mass is 35.5. The van der Waals surface area contributed by atoms with Gasteiger partial charge >= 0.3 is 5.97 Å². The fourth-order valence-corrected chi connectivity index (χ4v) is 3.21. The molecule has 0 aliphatic carbocycles. The minimum absolute atomic E-state index is 0.143. The Morgan fingerprint density at radius 3 is 2.76 bits per heavy atom. The van der Waals surface area contributed by atoms with Gasteiger partial charge in [-0.3, -0.25) is 0 Å². The number of hydrogen-bond donors (Lipinski definition) is 1. The summed E-state index contributed by atoms with van der Waals surface area (Å²) in [4.78, 5) is 19.6. The van der Waals surface area contributed by atoms with Crippen LogP contribution in [0.25, 0.3) is 0 Å². The molecule has 0 radical (unpaired) electrons. The highest BCUT2D eigenvalue weighted by molar-refractivity contribution is 6.65. The summed E-state index contributed by atoms with van der Waals surface area (Å²) in [6.07, 6.45) is 1.81. The molecule has 2 atom stereocenters. The zero-order chi connectivity index (χ0) is 18.0. The van der Waals surface area contributed by atoms with Crippen LogP contribution in [0.5, 0.6) is 0 Å². The van der Waals surface area contributed by atoms with Gasteiger partial charge in [-0.15, -0.1) is 0 Å². The van der Waals surface area contributed by atoms with Crippen LogP contribution in [0.1, 0.15) is 12.0 Å².